The van der Waals surface area contributed by atoms with Crippen LogP contribution in [0.2, 0.25) is 10.0 Å². The Labute approximate surface area is 188 Å². The highest BCUT2D eigenvalue weighted by molar-refractivity contribution is 6.32. The van der Waals surface area contributed by atoms with E-state index in [1.54, 1.807) is 43.5 Å². The van der Waals surface area contributed by atoms with Gasteiger partial charge in [-0.2, -0.15) is 0 Å². The zero-order valence-corrected chi connectivity index (χ0v) is 18.1. The third kappa shape index (κ3) is 4.87. The smallest absolute Gasteiger partial charge is 0.267 e. The molecule has 31 heavy (non-hydrogen) atoms. The zero-order valence-electron chi connectivity index (χ0n) is 16.5. The van der Waals surface area contributed by atoms with Gasteiger partial charge < -0.3 is 25.5 Å². The fraction of sp³-hybridized carbons (Fsp3) is 0.0870. The number of methoxy groups -OCH3 is 1. The Balaban J connectivity index is 1.47. The van der Waals surface area contributed by atoms with Crippen molar-refractivity contribution in [3.63, 3.8) is 0 Å². The monoisotopic (exact) mass is 455 g/mol. The van der Waals surface area contributed by atoms with Crippen molar-refractivity contribution in [1.82, 2.24) is 10.3 Å². The van der Waals surface area contributed by atoms with Gasteiger partial charge in [-0.25, -0.2) is 0 Å². The molecule has 0 aliphatic heterocycles. The van der Waals surface area contributed by atoms with Crippen LogP contribution < -0.4 is 20.5 Å². The molecule has 0 bridgehead atoms. The van der Waals surface area contributed by atoms with Crippen LogP contribution in [0.1, 0.15) is 16.1 Å². The molecule has 3 aromatic carbocycles. The van der Waals surface area contributed by atoms with Gasteiger partial charge in [-0.3, -0.25) is 4.79 Å². The summed E-state index contributed by atoms with van der Waals surface area (Å²) in [5, 5.41) is 4.71. The topological polar surface area (TPSA) is 89.4 Å². The number of benzene rings is 3. The average Bonchev–Trinajstić information content (AvgIpc) is 3.16. The number of halogens is 2. The molecule has 8 heteroatoms. The van der Waals surface area contributed by atoms with Gasteiger partial charge in [-0.15, -0.1) is 0 Å². The number of amides is 1. The molecular formula is C23H19Cl2N3O3. The van der Waals surface area contributed by atoms with E-state index in [1.807, 2.05) is 24.3 Å². The van der Waals surface area contributed by atoms with Crippen LogP contribution in [-0.4, -0.2) is 18.0 Å². The summed E-state index contributed by atoms with van der Waals surface area (Å²) in [4.78, 5) is 15.7. The van der Waals surface area contributed by atoms with Gasteiger partial charge >= 0.3 is 0 Å². The summed E-state index contributed by atoms with van der Waals surface area (Å²) < 4.78 is 11.1. The minimum atomic E-state index is -0.227. The number of carbonyl (C=O) groups is 1. The predicted octanol–water partition coefficient (Wildman–Crippen LogP) is 5.79. The highest BCUT2D eigenvalue weighted by Gasteiger charge is 2.11. The number of rotatable bonds is 6. The van der Waals surface area contributed by atoms with Gasteiger partial charge in [0.15, 0.2) is 0 Å². The second-order valence-electron chi connectivity index (χ2n) is 6.91. The Morgan fingerprint density at radius 1 is 1.03 bits per heavy atom. The van der Waals surface area contributed by atoms with Crippen molar-refractivity contribution in [1.29, 1.82) is 0 Å². The van der Waals surface area contributed by atoms with Crippen LogP contribution in [0, 0.1) is 0 Å². The van der Waals surface area contributed by atoms with Crippen LogP contribution in [0.5, 0.6) is 17.2 Å². The summed E-state index contributed by atoms with van der Waals surface area (Å²) in [7, 11) is 1.60. The van der Waals surface area contributed by atoms with Gasteiger partial charge in [0.05, 0.1) is 12.1 Å². The van der Waals surface area contributed by atoms with Gasteiger partial charge in [0, 0.05) is 40.3 Å². The lowest BCUT2D eigenvalue weighted by Crippen LogP contribution is -2.23. The number of ether oxygens (including phenoxy) is 2. The number of fused-ring (bicyclic) bond motifs is 1. The van der Waals surface area contributed by atoms with Gasteiger partial charge in [0.25, 0.3) is 5.91 Å². The predicted molar refractivity (Wildman–Crippen MR) is 123 cm³/mol. The number of hydrogen-bond donors (Lipinski definition) is 3. The second kappa shape index (κ2) is 8.79. The van der Waals surface area contributed by atoms with E-state index in [0.717, 1.165) is 22.2 Å². The number of aromatic amines is 1. The molecule has 158 valence electrons. The molecule has 0 saturated heterocycles. The Morgan fingerprint density at radius 2 is 1.87 bits per heavy atom. The first kappa shape index (κ1) is 20.9. The number of H-pyrrole nitrogens is 1. The molecule has 6 nitrogen and oxygen atoms in total. The zero-order chi connectivity index (χ0) is 22.0. The number of nitrogen functional groups attached to an aromatic ring is 1. The molecule has 0 aliphatic rings. The summed E-state index contributed by atoms with van der Waals surface area (Å²) in [6, 6.07) is 17.6. The first-order valence-electron chi connectivity index (χ1n) is 9.38. The van der Waals surface area contributed by atoms with Gasteiger partial charge in [0.2, 0.25) is 0 Å². The van der Waals surface area contributed by atoms with Gasteiger partial charge in [-0.1, -0.05) is 29.3 Å². The van der Waals surface area contributed by atoms with Crippen LogP contribution in [0.25, 0.3) is 10.9 Å². The SMILES string of the molecule is COc1ccc2cc(C(=O)NCc3ccc(Cl)c(Oc4cc(N)cc(Cl)c4)c3)[nH]c2c1. The number of carbonyl (C=O) groups excluding carboxylic acids is 1. The highest BCUT2D eigenvalue weighted by Crippen LogP contribution is 2.32. The molecule has 0 atom stereocenters. The lowest BCUT2D eigenvalue weighted by Gasteiger charge is -2.11. The standard InChI is InChI=1S/C23H19Cl2N3O3/c1-30-17-4-3-14-7-21(28-20(14)11-17)23(29)27-12-13-2-5-19(25)22(6-13)31-18-9-15(24)8-16(26)10-18/h2-11,28H,12,26H2,1H3,(H,27,29). The fourth-order valence-electron chi connectivity index (χ4n) is 3.14. The Kier molecular flexibility index (Phi) is 5.93. The molecule has 0 spiro atoms. The molecular weight excluding hydrogens is 437 g/mol. The van der Waals surface area contributed by atoms with E-state index >= 15 is 0 Å². The summed E-state index contributed by atoms with van der Waals surface area (Å²) >= 11 is 12.3. The van der Waals surface area contributed by atoms with E-state index in [1.165, 1.54) is 0 Å². The molecule has 0 radical (unpaired) electrons. The first-order valence-corrected chi connectivity index (χ1v) is 10.1. The average molecular weight is 456 g/mol. The summed E-state index contributed by atoms with van der Waals surface area (Å²) in [6.45, 7) is 0.294. The summed E-state index contributed by atoms with van der Waals surface area (Å²) in [5.74, 6) is 1.40. The van der Waals surface area contributed by atoms with E-state index in [2.05, 4.69) is 10.3 Å². The largest absolute Gasteiger partial charge is 0.497 e. The first-order chi connectivity index (χ1) is 14.9. The van der Waals surface area contributed by atoms with E-state index in [-0.39, 0.29) is 5.91 Å². The number of anilines is 1. The quantitative estimate of drug-likeness (QED) is 0.321. The van der Waals surface area contributed by atoms with Crippen LogP contribution in [0.4, 0.5) is 5.69 Å². The maximum absolute atomic E-state index is 12.6. The number of aromatic nitrogens is 1. The van der Waals surface area contributed by atoms with Crippen LogP contribution in [0.3, 0.4) is 0 Å². The molecule has 0 saturated carbocycles. The molecule has 1 amide bonds. The third-order valence-electron chi connectivity index (χ3n) is 4.64. The molecule has 4 rings (SSSR count). The number of nitrogens with two attached hydrogens (primary N) is 1. The molecule has 4 aromatic rings. The fourth-order valence-corrected chi connectivity index (χ4v) is 3.53. The molecule has 1 aromatic heterocycles. The molecule has 0 aliphatic carbocycles. The van der Waals surface area contributed by atoms with Crippen molar-refractivity contribution < 1.29 is 14.3 Å². The minimum absolute atomic E-state index is 0.227. The van der Waals surface area contributed by atoms with Crippen molar-refractivity contribution >= 4 is 45.7 Å². The van der Waals surface area contributed by atoms with E-state index in [4.69, 9.17) is 38.4 Å². The van der Waals surface area contributed by atoms with Crippen LogP contribution >= 0.6 is 23.2 Å². The molecule has 1 heterocycles. The van der Waals surface area contributed by atoms with Crippen LogP contribution in [-0.2, 0) is 6.54 Å². The number of hydrogen-bond acceptors (Lipinski definition) is 4. The van der Waals surface area contributed by atoms with Crippen molar-refractivity contribution in [2.45, 2.75) is 6.54 Å². The summed E-state index contributed by atoms with van der Waals surface area (Å²) in [6.07, 6.45) is 0. The maximum atomic E-state index is 12.6. The maximum Gasteiger partial charge on any atom is 0.267 e. The molecule has 0 unspecified atom stereocenters. The van der Waals surface area contributed by atoms with E-state index in [0.29, 0.717) is 39.5 Å². The second-order valence-corrected chi connectivity index (χ2v) is 7.75. The minimum Gasteiger partial charge on any atom is -0.497 e. The van der Waals surface area contributed by atoms with Crippen molar-refractivity contribution in [2.24, 2.45) is 0 Å². The molecule has 4 N–H and O–H groups in total. The van der Waals surface area contributed by atoms with E-state index < -0.39 is 0 Å². The Hall–Kier alpha value is -3.35. The van der Waals surface area contributed by atoms with Gasteiger partial charge in [0.1, 0.15) is 22.9 Å². The highest BCUT2D eigenvalue weighted by atomic mass is 35.5. The summed E-state index contributed by atoms with van der Waals surface area (Å²) in [5.41, 5.74) is 8.40. The third-order valence-corrected chi connectivity index (χ3v) is 5.17. The van der Waals surface area contributed by atoms with E-state index in [9.17, 15) is 4.79 Å². The molecule has 0 fully saturated rings. The van der Waals surface area contributed by atoms with Crippen molar-refractivity contribution in [2.75, 3.05) is 12.8 Å². The number of nitrogens with one attached hydrogen (secondary N) is 2. The Morgan fingerprint density at radius 3 is 2.65 bits per heavy atom. The van der Waals surface area contributed by atoms with Crippen LogP contribution in [0.15, 0.2) is 60.7 Å². The lowest BCUT2D eigenvalue weighted by atomic mass is 10.2. The normalized spacial score (nSPS) is 10.8. The van der Waals surface area contributed by atoms with Gasteiger partial charge in [-0.05, 0) is 48.0 Å². The van der Waals surface area contributed by atoms with Crippen molar-refractivity contribution in [3.8, 4) is 17.2 Å². The van der Waals surface area contributed by atoms with Crippen molar-refractivity contribution in [3.05, 3.63) is 82.0 Å². The lowest BCUT2D eigenvalue weighted by molar-refractivity contribution is 0.0946. The Bertz CT molecular complexity index is 1250.